The Morgan fingerprint density at radius 3 is 2.53 bits per heavy atom. The normalized spacial score (nSPS) is 29.9. The van der Waals surface area contributed by atoms with Crippen LogP contribution >= 0.6 is 0 Å². The van der Waals surface area contributed by atoms with Gasteiger partial charge in [0.05, 0.1) is 6.61 Å². The van der Waals surface area contributed by atoms with Gasteiger partial charge in [0.15, 0.2) is 0 Å². The van der Waals surface area contributed by atoms with Crippen LogP contribution in [0.15, 0.2) is 0 Å². The van der Waals surface area contributed by atoms with Crippen LogP contribution in [-0.4, -0.2) is 66.1 Å². The molecular weight excluding hydrogens is 192 g/mol. The number of carbonyl (C=O) groups excluding carboxylic acids is 1. The van der Waals surface area contributed by atoms with Crippen LogP contribution < -0.4 is 0 Å². The van der Waals surface area contributed by atoms with Crippen molar-refractivity contribution in [1.29, 1.82) is 0 Å². The predicted molar refractivity (Wildman–Crippen MR) is 57.7 cm³/mol. The number of piperazine rings is 1. The molecule has 0 bridgehead atoms. The number of aliphatic hydroxyl groups excluding tert-OH is 1. The summed E-state index contributed by atoms with van der Waals surface area (Å²) in [5.74, 6) is 0.429. The molecule has 1 aliphatic heterocycles. The summed E-state index contributed by atoms with van der Waals surface area (Å²) in [4.78, 5) is 15.9. The minimum Gasteiger partial charge on any atom is -0.395 e. The number of β-amino-alcohol motifs (C(OH)–C–C–N with tert-alkyl or cyclic N) is 1. The second kappa shape index (κ2) is 5.05. The minimum atomic E-state index is 0.252. The largest absolute Gasteiger partial charge is 0.395 e. The van der Waals surface area contributed by atoms with E-state index in [2.05, 4.69) is 9.80 Å². The molecule has 15 heavy (non-hydrogen) atoms. The number of aliphatic hydroxyl groups is 1. The van der Waals surface area contributed by atoms with Gasteiger partial charge in [-0.05, 0) is 6.42 Å². The zero-order chi connectivity index (χ0) is 10.7. The Labute approximate surface area is 90.9 Å². The molecule has 4 heteroatoms. The van der Waals surface area contributed by atoms with Crippen LogP contribution in [0.25, 0.3) is 0 Å². The minimum absolute atomic E-state index is 0.252. The highest BCUT2D eigenvalue weighted by Crippen LogP contribution is 2.21. The molecule has 4 nitrogen and oxygen atoms in total. The standard InChI is InChI=1S/C11H20N2O2/c14-8-7-12-3-5-13(6-4-12)10-1-2-11(15)9-10/h10,14H,1-9H2. The summed E-state index contributed by atoms with van der Waals surface area (Å²) in [6.07, 6.45) is 2.60. The Morgan fingerprint density at radius 2 is 2.00 bits per heavy atom. The first-order valence-corrected chi connectivity index (χ1v) is 5.88. The summed E-state index contributed by atoms with van der Waals surface area (Å²) in [7, 11) is 0. The Bertz CT molecular complexity index is 225. The summed E-state index contributed by atoms with van der Waals surface area (Å²) in [6, 6.07) is 0.508. The van der Waals surface area contributed by atoms with E-state index in [0.717, 1.165) is 52.0 Å². The summed E-state index contributed by atoms with van der Waals surface area (Å²) < 4.78 is 0. The molecule has 86 valence electrons. The van der Waals surface area contributed by atoms with Crippen LogP contribution in [0.5, 0.6) is 0 Å². The number of nitrogens with zero attached hydrogens (tertiary/aromatic N) is 2. The smallest absolute Gasteiger partial charge is 0.134 e. The highest BCUT2D eigenvalue weighted by atomic mass is 16.3. The van der Waals surface area contributed by atoms with E-state index in [1.54, 1.807) is 0 Å². The van der Waals surface area contributed by atoms with Gasteiger partial charge in [0.2, 0.25) is 0 Å². The lowest BCUT2D eigenvalue weighted by atomic mass is 10.2. The molecule has 1 aliphatic carbocycles. The van der Waals surface area contributed by atoms with Gasteiger partial charge in [-0.25, -0.2) is 0 Å². The van der Waals surface area contributed by atoms with Gasteiger partial charge in [0, 0.05) is 51.6 Å². The Hall–Kier alpha value is -0.450. The highest BCUT2D eigenvalue weighted by Gasteiger charge is 2.29. The molecule has 2 aliphatic rings. The van der Waals surface area contributed by atoms with Gasteiger partial charge in [-0.2, -0.15) is 0 Å². The average molecular weight is 212 g/mol. The molecule has 0 amide bonds. The van der Waals surface area contributed by atoms with Gasteiger partial charge < -0.3 is 5.11 Å². The molecule has 1 atom stereocenters. The van der Waals surface area contributed by atoms with Crippen molar-refractivity contribution in [3.63, 3.8) is 0 Å². The maximum Gasteiger partial charge on any atom is 0.134 e. The zero-order valence-electron chi connectivity index (χ0n) is 9.19. The molecule has 1 unspecified atom stereocenters. The van der Waals surface area contributed by atoms with Crippen molar-refractivity contribution in [1.82, 2.24) is 9.80 Å². The SMILES string of the molecule is O=C1CCC(N2CCN(CCO)CC2)C1. The van der Waals surface area contributed by atoms with Gasteiger partial charge in [-0.3, -0.25) is 14.6 Å². The third-order valence-corrected chi connectivity index (χ3v) is 3.56. The molecule has 0 aromatic rings. The first-order valence-electron chi connectivity index (χ1n) is 5.88. The average Bonchev–Trinajstić information content (AvgIpc) is 2.67. The molecule has 0 spiro atoms. The number of hydrogen-bond acceptors (Lipinski definition) is 4. The summed E-state index contributed by atoms with van der Waals surface area (Å²) in [5, 5.41) is 8.83. The van der Waals surface area contributed by atoms with Crippen molar-refractivity contribution in [2.24, 2.45) is 0 Å². The molecule has 1 N–H and O–H groups in total. The number of hydrogen-bond donors (Lipinski definition) is 1. The van der Waals surface area contributed by atoms with Crippen molar-refractivity contribution < 1.29 is 9.90 Å². The van der Waals surface area contributed by atoms with Crippen LogP contribution in [0.3, 0.4) is 0 Å². The van der Waals surface area contributed by atoms with E-state index < -0.39 is 0 Å². The third kappa shape index (κ3) is 2.77. The van der Waals surface area contributed by atoms with E-state index >= 15 is 0 Å². The summed E-state index contributed by atoms with van der Waals surface area (Å²) in [6.45, 7) is 5.21. The monoisotopic (exact) mass is 212 g/mol. The number of rotatable bonds is 3. The first-order chi connectivity index (χ1) is 7.29. The first kappa shape index (κ1) is 11.0. The van der Waals surface area contributed by atoms with Crippen molar-refractivity contribution in [2.75, 3.05) is 39.3 Å². The van der Waals surface area contributed by atoms with E-state index in [9.17, 15) is 4.79 Å². The quantitative estimate of drug-likeness (QED) is 0.698. The van der Waals surface area contributed by atoms with E-state index in [4.69, 9.17) is 5.11 Å². The lowest BCUT2D eigenvalue weighted by molar-refractivity contribution is -0.117. The van der Waals surface area contributed by atoms with Crippen LogP contribution in [0.1, 0.15) is 19.3 Å². The topological polar surface area (TPSA) is 43.8 Å². The van der Waals surface area contributed by atoms with Crippen molar-refractivity contribution in [3.05, 3.63) is 0 Å². The Morgan fingerprint density at radius 1 is 1.27 bits per heavy atom. The van der Waals surface area contributed by atoms with E-state index in [0.29, 0.717) is 11.8 Å². The second-order valence-corrected chi connectivity index (χ2v) is 4.54. The van der Waals surface area contributed by atoms with Gasteiger partial charge >= 0.3 is 0 Å². The van der Waals surface area contributed by atoms with Crippen molar-refractivity contribution in [3.8, 4) is 0 Å². The lowest BCUT2D eigenvalue weighted by Crippen LogP contribution is -2.50. The summed E-state index contributed by atoms with van der Waals surface area (Å²) >= 11 is 0. The van der Waals surface area contributed by atoms with Gasteiger partial charge in [-0.15, -0.1) is 0 Å². The number of ketones is 1. The maximum absolute atomic E-state index is 11.2. The molecule has 1 saturated heterocycles. The maximum atomic E-state index is 11.2. The highest BCUT2D eigenvalue weighted by molar-refractivity contribution is 5.81. The molecule has 1 heterocycles. The fraction of sp³-hybridized carbons (Fsp3) is 0.909. The number of carbonyl (C=O) groups is 1. The molecule has 0 radical (unpaired) electrons. The van der Waals surface area contributed by atoms with Crippen molar-refractivity contribution in [2.45, 2.75) is 25.3 Å². The molecular formula is C11H20N2O2. The van der Waals surface area contributed by atoms with Crippen LogP contribution in [0.2, 0.25) is 0 Å². The van der Waals surface area contributed by atoms with Crippen LogP contribution in [0, 0.1) is 0 Å². The van der Waals surface area contributed by atoms with Crippen LogP contribution in [-0.2, 0) is 4.79 Å². The third-order valence-electron chi connectivity index (χ3n) is 3.56. The predicted octanol–water partition coefficient (Wildman–Crippen LogP) is -0.282. The van der Waals surface area contributed by atoms with Gasteiger partial charge in [0.25, 0.3) is 0 Å². The summed E-state index contributed by atoms with van der Waals surface area (Å²) in [5.41, 5.74) is 0. The van der Waals surface area contributed by atoms with E-state index in [1.807, 2.05) is 0 Å². The van der Waals surface area contributed by atoms with Gasteiger partial charge in [-0.1, -0.05) is 0 Å². The lowest BCUT2D eigenvalue weighted by Gasteiger charge is -2.37. The fourth-order valence-electron chi connectivity index (χ4n) is 2.60. The van der Waals surface area contributed by atoms with Gasteiger partial charge in [0.1, 0.15) is 5.78 Å². The molecule has 2 fully saturated rings. The van der Waals surface area contributed by atoms with Crippen LogP contribution in [0.4, 0.5) is 0 Å². The molecule has 1 saturated carbocycles. The van der Waals surface area contributed by atoms with Crippen molar-refractivity contribution >= 4 is 5.78 Å². The Balaban J connectivity index is 1.75. The number of Topliss-reactive ketones (excluding diaryl/α,β-unsaturated/α-hetero) is 1. The molecule has 0 aromatic carbocycles. The fourth-order valence-corrected chi connectivity index (χ4v) is 2.60. The van der Waals surface area contributed by atoms with E-state index in [-0.39, 0.29) is 6.61 Å². The zero-order valence-corrected chi connectivity index (χ0v) is 9.19. The van der Waals surface area contributed by atoms with E-state index in [1.165, 1.54) is 0 Å². The Kier molecular flexibility index (Phi) is 3.72. The second-order valence-electron chi connectivity index (χ2n) is 4.54. The molecule has 2 rings (SSSR count). The molecule has 0 aromatic heterocycles.